The molecule has 18 heavy (non-hydrogen) atoms. The Balaban J connectivity index is 0. The van der Waals surface area contributed by atoms with Crippen LogP contribution in [0.1, 0.15) is 64.7 Å². The molecular formula is C15H34ClNO. The lowest BCUT2D eigenvalue weighted by Gasteiger charge is -2.26. The van der Waals surface area contributed by atoms with Crippen LogP contribution >= 0.6 is 0 Å². The Labute approximate surface area is 121 Å². The molecule has 0 aliphatic heterocycles. The van der Waals surface area contributed by atoms with Crippen LogP contribution < -0.4 is 12.4 Å². The van der Waals surface area contributed by atoms with Gasteiger partial charge in [-0.25, -0.2) is 0 Å². The standard InChI is InChI=1S/C15H34NO.ClH/c1-5-6-7-8-9-10-11-12-13-15(17)14-16(2,3)4;/h15,17H,5-14H2,1-4H3;1H/q+1;/p-1. The first-order valence-corrected chi connectivity index (χ1v) is 7.44. The van der Waals surface area contributed by atoms with Gasteiger partial charge in [0.05, 0.1) is 21.1 Å². The van der Waals surface area contributed by atoms with Crippen molar-refractivity contribution >= 4 is 0 Å². The fourth-order valence-corrected chi connectivity index (χ4v) is 2.24. The highest BCUT2D eigenvalue weighted by molar-refractivity contribution is 4.55. The van der Waals surface area contributed by atoms with Crippen molar-refractivity contribution in [1.29, 1.82) is 0 Å². The molecule has 0 rings (SSSR count). The minimum absolute atomic E-state index is 0. The van der Waals surface area contributed by atoms with Crippen LogP contribution in [0.2, 0.25) is 0 Å². The Morgan fingerprint density at radius 1 is 0.833 bits per heavy atom. The summed E-state index contributed by atoms with van der Waals surface area (Å²) in [5, 5.41) is 9.84. The highest BCUT2D eigenvalue weighted by Gasteiger charge is 2.14. The number of unbranched alkanes of at least 4 members (excludes halogenated alkanes) is 7. The molecule has 1 unspecified atom stereocenters. The van der Waals surface area contributed by atoms with E-state index < -0.39 is 0 Å². The quantitative estimate of drug-likeness (QED) is 0.434. The first kappa shape index (κ1) is 20.5. The van der Waals surface area contributed by atoms with Crippen molar-refractivity contribution in [2.24, 2.45) is 0 Å². The zero-order valence-corrected chi connectivity index (χ0v) is 13.7. The molecule has 0 amide bonds. The molecule has 0 saturated carbocycles. The van der Waals surface area contributed by atoms with Gasteiger partial charge in [0, 0.05) is 0 Å². The van der Waals surface area contributed by atoms with Gasteiger partial charge in [0.2, 0.25) is 0 Å². The largest absolute Gasteiger partial charge is 1.00 e. The summed E-state index contributed by atoms with van der Waals surface area (Å²) in [6, 6.07) is 0. The van der Waals surface area contributed by atoms with Gasteiger partial charge in [0.15, 0.2) is 0 Å². The van der Waals surface area contributed by atoms with Crippen LogP contribution in [0.3, 0.4) is 0 Å². The molecule has 2 nitrogen and oxygen atoms in total. The number of quaternary nitrogens is 1. The average molecular weight is 280 g/mol. The van der Waals surface area contributed by atoms with Gasteiger partial charge < -0.3 is 22.0 Å². The molecule has 0 aromatic carbocycles. The summed E-state index contributed by atoms with van der Waals surface area (Å²) >= 11 is 0. The Morgan fingerprint density at radius 3 is 1.72 bits per heavy atom. The van der Waals surface area contributed by atoms with Gasteiger partial charge in [-0.2, -0.15) is 0 Å². The predicted octanol–water partition coefficient (Wildman–Crippen LogP) is 0.588. The van der Waals surface area contributed by atoms with Crippen molar-refractivity contribution in [3.8, 4) is 0 Å². The van der Waals surface area contributed by atoms with Crippen LogP contribution in [0.15, 0.2) is 0 Å². The van der Waals surface area contributed by atoms with Crippen LogP contribution in [0, 0.1) is 0 Å². The van der Waals surface area contributed by atoms with Crippen LogP contribution in [0.25, 0.3) is 0 Å². The summed E-state index contributed by atoms with van der Waals surface area (Å²) in [5.74, 6) is 0. The summed E-state index contributed by atoms with van der Waals surface area (Å²) < 4.78 is 0.859. The Hall–Kier alpha value is 0.210. The van der Waals surface area contributed by atoms with Crippen molar-refractivity contribution < 1.29 is 22.0 Å². The fraction of sp³-hybridized carbons (Fsp3) is 1.00. The van der Waals surface area contributed by atoms with E-state index in [0.717, 1.165) is 17.4 Å². The van der Waals surface area contributed by atoms with Crippen molar-refractivity contribution in [2.45, 2.75) is 70.8 Å². The lowest BCUT2D eigenvalue weighted by atomic mass is 10.1. The van der Waals surface area contributed by atoms with E-state index in [4.69, 9.17) is 0 Å². The molecule has 0 aromatic rings. The Bertz CT molecular complexity index is 168. The molecule has 0 spiro atoms. The maximum Gasteiger partial charge on any atom is 0.104 e. The van der Waals surface area contributed by atoms with E-state index in [1.807, 2.05) is 0 Å². The number of hydrogen-bond donors (Lipinski definition) is 1. The van der Waals surface area contributed by atoms with Crippen LogP contribution in [0.5, 0.6) is 0 Å². The lowest BCUT2D eigenvalue weighted by molar-refractivity contribution is -0.873. The Morgan fingerprint density at radius 2 is 1.28 bits per heavy atom. The van der Waals surface area contributed by atoms with E-state index in [2.05, 4.69) is 28.1 Å². The molecule has 0 fully saturated rings. The second kappa shape index (κ2) is 12.3. The molecule has 0 heterocycles. The predicted molar refractivity (Wildman–Crippen MR) is 76.1 cm³/mol. The normalized spacial score (nSPS) is 13.2. The minimum atomic E-state index is -0.116. The molecule has 0 saturated heterocycles. The molecular weight excluding hydrogens is 246 g/mol. The summed E-state index contributed by atoms with van der Waals surface area (Å²) in [4.78, 5) is 0. The summed E-state index contributed by atoms with van der Waals surface area (Å²) in [5.41, 5.74) is 0. The van der Waals surface area contributed by atoms with Crippen LogP contribution in [-0.4, -0.2) is 43.4 Å². The van der Waals surface area contributed by atoms with Crippen molar-refractivity contribution in [3.05, 3.63) is 0 Å². The monoisotopic (exact) mass is 279 g/mol. The number of hydrogen-bond acceptors (Lipinski definition) is 1. The minimum Gasteiger partial charge on any atom is -1.00 e. The zero-order valence-electron chi connectivity index (χ0n) is 12.9. The van der Waals surface area contributed by atoms with E-state index in [0.29, 0.717) is 0 Å². The molecule has 0 aliphatic carbocycles. The van der Waals surface area contributed by atoms with E-state index in [-0.39, 0.29) is 18.5 Å². The van der Waals surface area contributed by atoms with Gasteiger partial charge in [-0.1, -0.05) is 58.3 Å². The maximum absolute atomic E-state index is 9.84. The summed E-state index contributed by atoms with van der Waals surface area (Å²) in [6.07, 6.45) is 11.6. The number of rotatable bonds is 11. The molecule has 0 aromatic heterocycles. The molecule has 112 valence electrons. The highest BCUT2D eigenvalue weighted by Crippen LogP contribution is 2.11. The molecule has 1 N–H and O–H groups in total. The third kappa shape index (κ3) is 16.2. The third-order valence-electron chi connectivity index (χ3n) is 3.15. The van der Waals surface area contributed by atoms with Gasteiger partial charge >= 0.3 is 0 Å². The first-order chi connectivity index (χ1) is 7.95. The van der Waals surface area contributed by atoms with Crippen molar-refractivity contribution in [1.82, 2.24) is 0 Å². The molecule has 0 radical (unpaired) electrons. The van der Waals surface area contributed by atoms with Gasteiger partial charge in [-0.15, -0.1) is 0 Å². The van der Waals surface area contributed by atoms with Gasteiger partial charge in [0.1, 0.15) is 12.6 Å². The summed E-state index contributed by atoms with van der Waals surface area (Å²) in [7, 11) is 6.41. The second-order valence-electron chi connectivity index (χ2n) is 6.39. The Kier molecular flexibility index (Phi) is 14.0. The average Bonchev–Trinajstić information content (AvgIpc) is 2.19. The van der Waals surface area contributed by atoms with E-state index in [1.54, 1.807) is 0 Å². The second-order valence-corrected chi connectivity index (χ2v) is 6.39. The number of aliphatic hydroxyl groups is 1. The van der Waals surface area contributed by atoms with Crippen LogP contribution in [0.4, 0.5) is 0 Å². The number of halogens is 1. The highest BCUT2D eigenvalue weighted by atomic mass is 35.5. The van der Waals surface area contributed by atoms with Crippen LogP contribution in [-0.2, 0) is 0 Å². The van der Waals surface area contributed by atoms with Gasteiger partial charge in [-0.3, -0.25) is 0 Å². The zero-order chi connectivity index (χ0) is 13.1. The molecule has 1 atom stereocenters. The molecule has 3 heteroatoms. The number of nitrogens with zero attached hydrogens (tertiary/aromatic N) is 1. The van der Waals surface area contributed by atoms with E-state index in [1.165, 1.54) is 51.4 Å². The first-order valence-electron chi connectivity index (χ1n) is 7.44. The van der Waals surface area contributed by atoms with Gasteiger partial charge in [-0.05, 0) is 6.42 Å². The van der Waals surface area contributed by atoms with E-state index >= 15 is 0 Å². The van der Waals surface area contributed by atoms with Crippen molar-refractivity contribution in [3.63, 3.8) is 0 Å². The number of aliphatic hydroxyl groups excluding tert-OH is 1. The SMILES string of the molecule is CCCCCCCCCCC(O)C[N+](C)(C)C.[Cl-]. The topological polar surface area (TPSA) is 20.2 Å². The molecule has 0 bridgehead atoms. The smallest absolute Gasteiger partial charge is 0.104 e. The third-order valence-corrected chi connectivity index (χ3v) is 3.15. The van der Waals surface area contributed by atoms with Crippen molar-refractivity contribution in [2.75, 3.05) is 27.7 Å². The molecule has 0 aliphatic rings. The lowest BCUT2D eigenvalue weighted by Crippen LogP contribution is -3.00. The fourth-order valence-electron chi connectivity index (χ4n) is 2.24. The summed E-state index contributed by atoms with van der Waals surface area (Å²) in [6.45, 7) is 3.13. The van der Waals surface area contributed by atoms with E-state index in [9.17, 15) is 5.11 Å². The number of likely N-dealkylation sites (N-methyl/N-ethyl adjacent to an activating group) is 1. The van der Waals surface area contributed by atoms with Gasteiger partial charge in [0.25, 0.3) is 0 Å². The maximum atomic E-state index is 9.84.